The van der Waals surface area contributed by atoms with Crippen LogP contribution in [0.1, 0.15) is 27.2 Å². The van der Waals surface area contributed by atoms with E-state index in [2.05, 4.69) is 15.8 Å². The van der Waals surface area contributed by atoms with E-state index in [-0.39, 0.29) is 11.8 Å². The third kappa shape index (κ3) is 2.05. The average Bonchev–Trinajstić information content (AvgIpc) is 2.93. The smallest absolute Gasteiger partial charge is 0.258 e. The summed E-state index contributed by atoms with van der Waals surface area (Å²) < 4.78 is 5.05. The molecule has 0 unspecified atom stereocenters. The predicted molar refractivity (Wildman–Crippen MR) is 72.7 cm³/mol. The van der Waals surface area contributed by atoms with E-state index in [9.17, 15) is 9.59 Å². The molecule has 102 valence electrons. The van der Waals surface area contributed by atoms with Gasteiger partial charge in [0.15, 0.2) is 0 Å². The van der Waals surface area contributed by atoms with Crippen LogP contribution in [0, 0.1) is 13.8 Å². The molecule has 0 atom stereocenters. The van der Waals surface area contributed by atoms with Gasteiger partial charge in [0.05, 0.1) is 12.1 Å². The summed E-state index contributed by atoms with van der Waals surface area (Å²) in [5.41, 5.74) is 3.61. The molecule has 0 saturated carbocycles. The van der Waals surface area contributed by atoms with Crippen molar-refractivity contribution >= 4 is 23.4 Å². The minimum atomic E-state index is -0.286. The summed E-state index contributed by atoms with van der Waals surface area (Å²) in [5, 5.41) is 9.19. The van der Waals surface area contributed by atoms with E-state index in [1.54, 1.807) is 25.1 Å². The van der Waals surface area contributed by atoms with Gasteiger partial charge in [-0.25, -0.2) is 0 Å². The monoisotopic (exact) mass is 271 g/mol. The third-order valence-corrected chi connectivity index (χ3v) is 3.38. The molecule has 6 nitrogen and oxygen atoms in total. The Kier molecular flexibility index (Phi) is 2.78. The van der Waals surface area contributed by atoms with Gasteiger partial charge in [-0.05, 0) is 37.6 Å². The second-order valence-corrected chi connectivity index (χ2v) is 4.77. The van der Waals surface area contributed by atoms with Crippen molar-refractivity contribution in [2.24, 2.45) is 0 Å². The Bertz CT molecular complexity index is 718. The number of benzene rings is 1. The highest BCUT2D eigenvalue weighted by molar-refractivity contribution is 6.06. The molecule has 6 heteroatoms. The molecule has 0 saturated heterocycles. The van der Waals surface area contributed by atoms with Gasteiger partial charge >= 0.3 is 0 Å². The predicted octanol–water partition coefficient (Wildman–Crippen LogP) is 2.04. The van der Waals surface area contributed by atoms with Crippen molar-refractivity contribution in [3.05, 3.63) is 40.6 Å². The maximum absolute atomic E-state index is 12.2. The van der Waals surface area contributed by atoms with E-state index < -0.39 is 0 Å². The first-order valence-corrected chi connectivity index (χ1v) is 6.21. The molecular weight excluding hydrogens is 258 g/mol. The first kappa shape index (κ1) is 12.4. The number of rotatable bonds is 2. The Morgan fingerprint density at radius 2 is 2.20 bits per heavy atom. The van der Waals surface area contributed by atoms with Crippen LogP contribution in [0.2, 0.25) is 0 Å². The lowest BCUT2D eigenvalue weighted by molar-refractivity contribution is -0.115. The zero-order chi connectivity index (χ0) is 14.3. The largest absolute Gasteiger partial charge is 0.338 e. The van der Waals surface area contributed by atoms with Crippen molar-refractivity contribution in [2.75, 3.05) is 10.6 Å². The van der Waals surface area contributed by atoms with Crippen LogP contribution in [0.5, 0.6) is 0 Å². The van der Waals surface area contributed by atoms with Gasteiger partial charge in [0, 0.05) is 16.8 Å². The molecule has 2 N–H and O–H groups in total. The number of anilines is 2. The molecule has 1 aliphatic heterocycles. The Morgan fingerprint density at radius 3 is 2.90 bits per heavy atom. The zero-order valence-corrected chi connectivity index (χ0v) is 11.1. The number of hydrogen-bond donors (Lipinski definition) is 2. The number of fused-ring (bicyclic) bond motifs is 1. The summed E-state index contributed by atoms with van der Waals surface area (Å²) in [6, 6.07) is 5.10. The van der Waals surface area contributed by atoms with Crippen LogP contribution in [0.15, 0.2) is 22.7 Å². The minimum Gasteiger partial charge on any atom is -0.338 e. The number of carbonyl (C=O) groups is 2. The minimum absolute atomic E-state index is 0.0562. The van der Waals surface area contributed by atoms with E-state index in [1.165, 1.54) is 0 Å². The Labute approximate surface area is 115 Å². The summed E-state index contributed by atoms with van der Waals surface area (Å²) in [5.74, 6) is 0.00728. The topological polar surface area (TPSA) is 84.2 Å². The molecule has 0 aliphatic carbocycles. The van der Waals surface area contributed by atoms with Gasteiger partial charge in [0.2, 0.25) is 11.8 Å². The lowest BCUT2D eigenvalue weighted by atomic mass is 10.1. The fraction of sp³-hybridized carbons (Fsp3) is 0.214. The fourth-order valence-corrected chi connectivity index (χ4v) is 2.08. The zero-order valence-electron chi connectivity index (χ0n) is 11.1. The van der Waals surface area contributed by atoms with Crippen LogP contribution >= 0.6 is 0 Å². The van der Waals surface area contributed by atoms with Crippen molar-refractivity contribution in [3.8, 4) is 0 Å². The van der Waals surface area contributed by atoms with Crippen LogP contribution in [0.4, 0.5) is 11.6 Å². The lowest BCUT2D eigenvalue weighted by Gasteiger charge is -2.04. The number of amides is 2. The molecular formula is C14H13N3O3. The van der Waals surface area contributed by atoms with E-state index in [0.29, 0.717) is 17.9 Å². The van der Waals surface area contributed by atoms with Crippen molar-refractivity contribution < 1.29 is 14.1 Å². The number of nitrogens with zero attached hydrogens (tertiary/aromatic N) is 1. The highest BCUT2D eigenvalue weighted by Crippen LogP contribution is 2.25. The maximum atomic E-state index is 12.2. The van der Waals surface area contributed by atoms with Crippen molar-refractivity contribution in [1.82, 2.24) is 5.16 Å². The summed E-state index contributed by atoms with van der Waals surface area (Å²) in [4.78, 5) is 23.4. The van der Waals surface area contributed by atoms with E-state index in [1.807, 2.05) is 6.92 Å². The molecule has 0 radical (unpaired) electrons. The van der Waals surface area contributed by atoms with Gasteiger partial charge in [-0.3, -0.25) is 14.9 Å². The number of carbonyl (C=O) groups excluding carboxylic acids is 2. The molecule has 2 heterocycles. The highest BCUT2D eigenvalue weighted by atomic mass is 16.5. The second-order valence-electron chi connectivity index (χ2n) is 4.77. The number of hydrogen-bond acceptors (Lipinski definition) is 4. The third-order valence-electron chi connectivity index (χ3n) is 3.38. The fourth-order valence-electron chi connectivity index (χ4n) is 2.08. The van der Waals surface area contributed by atoms with Crippen LogP contribution in [0.3, 0.4) is 0 Å². The molecule has 0 fully saturated rings. The molecule has 0 spiro atoms. The molecule has 3 rings (SSSR count). The normalized spacial score (nSPS) is 13.0. The summed E-state index contributed by atoms with van der Waals surface area (Å²) in [6.45, 7) is 3.63. The molecule has 1 aromatic carbocycles. The van der Waals surface area contributed by atoms with Crippen LogP contribution < -0.4 is 10.6 Å². The molecule has 2 aromatic rings. The molecule has 0 bridgehead atoms. The van der Waals surface area contributed by atoms with Gasteiger partial charge in [-0.15, -0.1) is 0 Å². The Morgan fingerprint density at radius 1 is 1.40 bits per heavy atom. The van der Waals surface area contributed by atoms with Crippen molar-refractivity contribution in [3.63, 3.8) is 0 Å². The second kappa shape index (κ2) is 4.48. The summed E-state index contributed by atoms with van der Waals surface area (Å²) in [7, 11) is 0. The van der Waals surface area contributed by atoms with E-state index >= 15 is 0 Å². The van der Waals surface area contributed by atoms with Gasteiger partial charge in [-0.1, -0.05) is 5.16 Å². The molecule has 1 aliphatic rings. The van der Waals surface area contributed by atoms with Gasteiger partial charge in [0.25, 0.3) is 5.91 Å². The van der Waals surface area contributed by atoms with E-state index in [4.69, 9.17) is 4.52 Å². The maximum Gasteiger partial charge on any atom is 0.258 e. The van der Waals surface area contributed by atoms with Gasteiger partial charge in [0.1, 0.15) is 0 Å². The number of aryl methyl sites for hydroxylation is 1. The average molecular weight is 271 g/mol. The first-order valence-electron chi connectivity index (χ1n) is 6.21. The van der Waals surface area contributed by atoms with Crippen molar-refractivity contribution in [2.45, 2.75) is 20.3 Å². The number of nitrogens with one attached hydrogen (secondary N) is 2. The standard InChI is InChI=1S/C14H13N3O3/c1-7-8(2)17-20-14(7)16-13(19)9-3-4-11-10(5-9)6-12(18)15-11/h3-5H,6H2,1-2H3,(H,15,18)(H,16,19). The van der Waals surface area contributed by atoms with E-state index in [0.717, 1.165) is 22.5 Å². The van der Waals surface area contributed by atoms with Gasteiger partial charge in [-0.2, -0.15) is 0 Å². The highest BCUT2D eigenvalue weighted by Gasteiger charge is 2.20. The summed E-state index contributed by atoms with van der Waals surface area (Å²) >= 11 is 0. The summed E-state index contributed by atoms with van der Waals surface area (Å²) in [6.07, 6.45) is 0.302. The van der Waals surface area contributed by atoms with Crippen molar-refractivity contribution in [1.29, 1.82) is 0 Å². The SMILES string of the molecule is Cc1noc(NC(=O)c2ccc3c(c2)CC(=O)N3)c1C. The molecule has 1 aromatic heterocycles. The molecule has 2 amide bonds. The Hall–Kier alpha value is -2.63. The first-order chi connectivity index (χ1) is 9.54. The molecule has 20 heavy (non-hydrogen) atoms. The van der Waals surface area contributed by atoms with Crippen LogP contribution in [-0.4, -0.2) is 17.0 Å². The quantitative estimate of drug-likeness (QED) is 0.875. The van der Waals surface area contributed by atoms with Crippen LogP contribution in [0.25, 0.3) is 0 Å². The Balaban J connectivity index is 1.83. The van der Waals surface area contributed by atoms with Gasteiger partial charge < -0.3 is 9.84 Å². The van der Waals surface area contributed by atoms with Crippen LogP contribution in [-0.2, 0) is 11.2 Å². The number of aromatic nitrogens is 1. The lowest BCUT2D eigenvalue weighted by Crippen LogP contribution is -2.12.